The minimum absolute atomic E-state index is 0.192. The molecule has 3 heterocycles. The highest BCUT2D eigenvalue weighted by atomic mass is 32.1. The van der Waals surface area contributed by atoms with Crippen LogP contribution in [-0.2, 0) is 0 Å². The molecule has 92 valence electrons. The number of fused-ring (bicyclic) bond motifs is 1. The molecule has 0 aliphatic carbocycles. The average molecular weight is 280 g/mol. The summed E-state index contributed by atoms with van der Waals surface area (Å²) in [4.78, 5) is 16.5. The molecule has 18 heavy (non-hydrogen) atoms. The third kappa shape index (κ3) is 1.95. The minimum Gasteiger partial charge on any atom is -0.466 e. The predicted octanol–water partition coefficient (Wildman–Crippen LogP) is 2.34. The lowest BCUT2D eigenvalue weighted by atomic mass is 10.4. The van der Waals surface area contributed by atoms with Crippen molar-refractivity contribution in [2.45, 2.75) is 0 Å². The summed E-state index contributed by atoms with van der Waals surface area (Å²) < 4.78 is 7.04. The molecular weight excluding hydrogens is 272 g/mol. The largest absolute Gasteiger partial charge is 0.466 e. The summed E-state index contributed by atoms with van der Waals surface area (Å²) in [5.41, 5.74) is 0. The van der Waals surface area contributed by atoms with Gasteiger partial charge in [-0.05, 0) is 17.5 Å². The number of nitrogens with one attached hydrogen (secondary N) is 2. The smallest absolute Gasteiger partial charge is 0.336 e. The first-order valence-corrected chi connectivity index (χ1v) is 6.70. The number of hydrogen-bond donors (Lipinski definition) is 2. The second-order valence-corrected chi connectivity index (χ2v) is 5.42. The molecule has 2 N–H and O–H groups in total. The lowest BCUT2D eigenvalue weighted by Gasteiger charge is -1.96. The van der Waals surface area contributed by atoms with Crippen molar-refractivity contribution < 1.29 is 9.53 Å². The van der Waals surface area contributed by atoms with Crippen molar-refractivity contribution in [2.75, 3.05) is 12.4 Å². The molecule has 0 fully saturated rings. The van der Waals surface area contributed by atoms with E-state index in [0.717, 1.165) is 9.40 Å². The van der Waals surface area contributed by atoms with Crippen LogP contribution in [0, 0.1) is 0 Å². The molecule has 3 rings (SSSR count). The van der Waals surface area contributed by atoms with Crippen LogP contribution in [0.4, 0.5) is 5.95 Å². The highest BCUT2D eigenvalue weighted by molar-refractivity contribution is 7.27. The fraction of sp³-hybridized carbons (Fsp3) is 0.100. The van der Waals surface area contributed by atoms with E-state index >= 15 is 0 Å². The van der Waals surface area contributed by atoms with Gasteiger partial charge in [-0.3, -0.25) is 10.1 Å². The molecule has 0 aliphatic heterocycles. The molecule has 0 radical (unpaired) electrons. The van der Waals surface area contributed by atoms with Gasteiger partial charge in [0.1, 0.15) is 0 Å². The van der Waals surface area contributed by atoms with Gasteiger partial charge in [0, 0.05) is 9.40 Å². The first-order valence-electron chi connectivity index (χ1n) is 5.01. The first-order chi connectivity index (χ1) is 8.76. The number of carbonyl (C=O) groups is 1. The van der Waals surface area contributed by atoms with Crippen molar-refractivity contribution in [3.8, 4) is 6.01 Å². The van der Waals surface area contributed by atoms with Gasteiger partial charge >= 0.3 is 6.01 Å². The molecule has 0 aliphatic rings. The van der Waals surface area contributed by atoms with Gasteiger partial charge in [0.15, 0.2) is 0 Å². The Hall–Kier alpha value is -1.93. The van der Waals surface area contributed by atoms with Gasteiger partial charge in [-0.1, -0.05) is 0 Å². The van der Waals surface area contributed by atoms with E-state index in [0.29, 0.717) is 4.88 Å². The Morgan fingerprint density at radius 3 is 3.11 bits per heavy atom. The van der Waals surface area contributed by atoms with E-state index in [2.05, 4.69) is 20.5 Å². The average Bonchev–Trinajstić information content (AvgIpc) is 3.02. The Balaban J connectivity index is 1.80. The monoisotopic (exact) mass is 280 g/mol. The number of ether oxygens (including phenoxy) is 1. The van der Waals surface area contributed by atoms with Crippen LogP contribution in [0.5, 0.6) is 6.01 Å². The number of rotatable bonds is 3. The van der Waals surface area contributed by atoms with Crippen molar-refractivity contribution in [3.63, 3.8) is 0 Å². The highest BCUT2D eigenvalue weighted by Crippen LogP contribution is 2.30. The number of carbonyl (C=O) groups excluding carboxylic acids is 1. The number of methoxy groups -OCH3 is 1. The van der Waals surface area contributed by atoms with Crippen LogP contribution >= 0.6 is 22.7 Å². The normalized spacial score (nSPS) is 10.7. The molecule has 0 bridgehead atoms. The molecule has 3 aromatic heterocycles. The van der Waals surface area contributed by atoms with Crippen molar-refractivity contribution in [3.05, 3.63) is 22.4 Å². The van der Waals surface area contributed by atoms with Crippen LogP contribution in [0.2, 0.25) is 0 Å². The maximum Gasteiger partial charge on any atom is 0.336 e. The number of anilines is 1. The quantitative estimate of drug-likeness (QED) is 0.771. The van der Waals surface area contributed by atoms with Crippen LogP contribution in [-0.4, -0.2) is 28.2 Å². The lowest BCUT2D eigenvalue weighted by Crippen LogP contribution is -2.11. The Kier molecular flexibility index (Phi) is 2.73. The number of amides is 1. The number of H-pyrrole nitrogens is 1. The molecule has 0 unspecified atom stereocenters. The molecule has 0 aromatic carbocycles. The Morgan fingerprint density at radius 2 is 2.39 bits per heavy atom. The number of hydrogen-bond acceptors (Lipinski definition) is 6. The number of aromatic amines is 1. The molecule has 0 saturated heterocycles. The van der Waals surface area contributed by atoms with Gasteiger partial charge in [0.2, 0.25) is 5.95 Å². The van der Waals surface area contributed by atoms with Crippen LogP contribution in [0.3, 0.4) is 0 Å². The summed E-state index contributed by atoms with van der Waals surface area (Å²) in [5, 5.41) is 11.0. The van der Waals surface area contributed by atoms with Crippen LogP contribution in [0.25, 0.3) is 9.40 Å². The number of aromatic nitrogens is 3. The lowest BCUT2D eigenvalue weighted by molar-refractivity contribution is 0.103. The van der Waals surface area contributed by atoms with E-state index in [1.54, 1.807) is 11.3 Å². The molecule has 6 nitrogen and oxygen atoms in total. The van der Waals surface area contributed by atoms with Gasteiger partial charge in [-0.25, -0.2) is 5.10 Å². The van der Waals surface area contributed by atoms with Crippen molar-refractivity contribution in [1.82, 2.24) is 15.2 Å². The summed E-state index contributed by atoms with van der Waals surface area (Å²) in [6.07, 6.45) is 0. The van der Waals surface area contributed by atoms with E-state index < -0.39 is 0 Å². The number of thiophene rings is 2. The maximum absolute atomic E-state index is 12.0. The van der Waals surface area contributed by atoms with Crippen molar-refractivity contribution in [1.29, 1.82) is 0 Å². The minimum atomic E-state index is -0.206. The standard InChI is InChI=1S/C10H8N4O2S2/c1-16-10-12-9(13-14-10)11-8(15)7-4-6-5(18-7)2-3-17-6/h2-4H,1H3,(H2,11,12,13,14,15). The van der Waals surface area contributed by atoms with Crippen molar-refractivity contribution in [2.24, 2.45) is 0 Å². The summed E-state index contributed by atoms with van der Waals surface area (Å²) in [6.45, 7) is 0. The topological polar surface area (TPSA) is 79.9 Å². The molecule has 8 heteroatoms. The van der Waals surface area contributed by atoms with Crippen molar-refractivity contribution >= 4 is 43.9 Å². The molecule has 0 atom stereocenters. The van der Waals surface area contributed by atoms with Gasteiger partial charge in [-0.2, -0.15) is 4.98 Å². The predicted molar refractivity (Wildman–Crippen MR) is 70.6 cm³/mol. The second-order valence-electron chi connectivity index (χ2n) is 3.38. The van der Waals surface area contributed by atoms with E-state index in [-0.39, 0.29) is 17.9 Å². The van der Waals surface area contributed by atoms with E-state index in [1.807, 2.05) is 17.5 Å². The van der Waals surface area contributed by atoms with E-state index in [4.69, 9.17) is 4.74 Å². The highest BCUT2D eigenvalue weighted by Gasteiger charge is 2.13. The Morgan fingerprint density at radius 1 is 1.50 bits per heavy atom. The van der Waals surface area contributed by atoms with Gasteiger partial charge < -0.3 is 4.74 Å². The summed E-state index contributed by atoms with van der Waals surface area (Å²) >= 11 is 3.06. The SMILES string of the molecule is COc1n[nH]c(NC(=O)c2cc3sccc3s2)n1. The Bertz CT molecular complexity index is 671. The molecule has 0 spiro atoms. The molecule has 3 aromatic rings. The summed E-state index contributed by atoms with van der Waals surface area (Å²) in [6, 6.07) is 4.06. The number of nitrogens with zero attached hydrogens (tertiary/aromatic N) is 2. The third-order valence-corrected chi connectivity index (χ3v) is 4.33. The fourth-order valence-electron chi connectivity index (χ4n) is 1.44. The molecule has 0 saturated carbocycles. The van der Waals surface area contributed by atoms with Gasteiger partial charge in [0.05, 0.1) is 12.0 Å². The zero-order valence-corrected chi connectivity index (χ0v) is 10.9. The second kappa shape index (κ2) is 4.39. The molecular formula is C10H8N4O2S2. The van der Waals surface area contributed by atoms with E-state index in [1.165, 1.54) is 18.4 Å². The fourth-order valence-corrected chi connectivity index (χ4v) is 3.44. The summed E-state index contributed by atoms with van der Waals surface area (Å²) in [7, 11) is 1.46. The van der Waals surface area contributed by atoms with E-state index in [9.17, 15) is 4.79 Å². The van der Waals surface area contributed by atoms with Crippen LogP contribution < -0.4 is 10.1 Å². The van der Waals surface area contributed by atoms with Gasteiger partial charge in [0.25, 0.3) is 5.91 Å². The first kappa shape index (κ1) is 11.2. The van der Waals surface area contributed by atoms with Crippen LogP contribution in [0.15, 0.2) is 17.5 Å². The maximum atomic E-state index is 12.0. The van der Waals surface area contributed by atoms with Crippen LogP contribution in [0.1, 0.15) is 9.67 Å². The summed E-state index contributed by atoms with van der Waals surface area (Å²) in [5.74, 6) is 0.0656. The van der Waals surface area contributed by atoms with Gasteiger partial charge in [-0.15, -0.1) is 27.8 Å². The Labute approximate surface area is 110 Å². The third-order valence-electron chi connectivity index (χ3n) is 2.24. The zero-order chi connectivity index (χ0) is 12.5. The molecule has 1 amide bonds. The zero-order valence-electron chi connectivity index (χ0n) is 9.26.